The number of fused-ring (bicyclic) bond motifs is 1. The molecule has 1 amide bonds. The number of amides is 1. The van der Waals surface area contributed by atoms with Crippen LogP contribution in [0, 0.1) is 11.8 Å². The van der Waals surface area contributed by atoms with E-state index in [1.165, 1.54) is 0 Å². The van der Waals surface area contributed by atoms with Gasteiger partial charge in [0, 0.05) is 24.0 Å². The lowest BCUT2D eigenvalue weighted by Crippen LogP contribution is -2.40. The topological polar surface area (TPSA) is 40.5 Å². The van der Waals surface area contributed by atoms with Gasteiger partial charge in [-0.15, -0.1) is 0 Å². The van der Waals surface area contributed by atoms with Gasteiger partial charge in [0.15, 0.2) is 0 Å². The van der Waals surface area contributed by atoms with Crippen molar-refractivity contribution in [3.63, 3.8) is 0 Å². The van der Waals surface area contributed by atoms with Crippen LogP contribution in [0.1, 0.15) is 24.8 Å². The van der Waals surface area contributed by atoms with Crippen molar-refractivity contribution in [1.29, 1.82) is 0 Å². The van der Waals surface area contributed by atoms with E-state index in [9.17, 15) is 9.90 Å². The van der Waals surface area contributed by atoms with Gasteiger partial charge in [0.2, 0.25) is 5.91 Å². The summed E-state index contributed by atoms with van der Waals surface area (Å²) in [7, 11) is 0. The molecule has 106 valence electrons. The third kappa shape index (κ3) is 1.73. The first-order valence-corrected chi connectivity index (χ1v) is 7.71. The van der Waals surface area contributed by atoms with Crippen LogP contribution in [0.5, 0.6) is 0 Å². The molecule has 3 aliphatic rings. The number of rotatable bonds is 2. The molecule has 0 radical (unpaired) electrons. The van der Waals surface area contributed by atoms with Crippen molar-refractivity contribution < 1.29 is 9.90 Å². The molecule has 1 N–H and O–H groups in total. The van der Waals surface area contributed by atoms with Gasteiger partial charge in [0.05, 0.1) is 11.5 Å². The molecule has 3 nitrogen and oxygen atoms in total. The molecule has 1 aliphatic heterocycles. The van der Waals surface area contributed by atoms with E-state index in [4.69, 9.17) is 11.6 Å². The number of carbonyl (C=O) groups excluding carboxylic acids is 1. The molecular formula is C16H18ClNO2. The quantitative estimate of drug-likeness (QED) is 0.907. The van der Waals surface area contributed by atoms with Crippen LogP contribution in [0.25, 0.3) is 0 Å². The van der Waals surface area contributed by atoms with Crippen LogP contribution in [-0.4, -0.2) is 35.1 Å². The largest absolute Gasteiger partial charge is 0.393 e. The third-order valence-electron chi connectivity index (χ3n) is 5.37. The number of aliphatic hydroxyl groups excluding tert-OH is 1. The van der Waals surface area contributed by atoms with Crippen molar-refractivity contribution >= 4 is 17.5 Å². The van der Waals surface area contributed by atoms with Gasteiger partial charge in [-0.05, 0) is 42.9 Å². The first-order valence-electron chi connectivity index (χ1n) is 7.34. The average molecular weight is 292 g/mol. The predicted octanol–water partition coefficient (Wildman–Crippen LogP) is 2.21. The lowest BCUT2D eigenvalue weighted by atomic mass is 9.74. The molecule has 2 aliphatic carbocycles. The number of carbonyl (C=O) groups is 1. The molecule has 0 bridgehead atoms. The van der Waals surface area contributed by atoms with Crippen LogP contribution in [0.3, 0.4) is 0 Å². The zero-order valence-corrected chi connectivity index (χ0v) is 12.0. The summed E-state index contributed by atoms with van der Waals surface area (Å²) >= 11 is 5.93. The van der Waals surface area contributed by atoms with Crippen LogP contribution in [0.2, 0.25) is 5.02 Å². The zero-order valence-electron chi connectivity index (χ0n) is 11.3. The Morgan fingerprint density at radius 1 is 1.25 bits per heavy atom. The summed E-state index contributed by atoms with van der Waals surface area (Å²) in [5.41, 5.74) is 0.783. The lowest BCUT2D eigenvalue weighted by molar-refractivity contribution is -0.133. The number of halogens is 1. The SMILES string of the molecule is O=C(N1C[C@H]2C[C@@H](O)[C@H]2C1)C1(c2ccc(Cl)cc2)CC1. The summed E-state index contributed by atoms with van der Waals surface area (Å²) in [6.07, 6.45) is 2.54. The molecule has 0 unspecified atom stereocenters. The third-order valence-corrected chi connectivity index (χ3v) is 5.63. The highest BCUT2D eigenvalue weighted by Crippen LogP contribution is 2.51. The van der Waals surface area contributed by atoms with Gasteiger partial charge in [-0.2, -0.15) is 0 Å². The smallest absolute Gasteiger partial charge is 0.233 e. The van der Waals surface area contributed by atoms with E-state index in [2.05, 4.69) is 0 Å². The summed E-state index contributed by atoms with van der Waals surface area (Å²) in [5.74, 6) is 1.09. The minimum absolute atomic E-state index is 0.191. The number of likely N-dealkylation sites (tertiary alicyclic amines) is 1. The molecule has 0 spiro atoms. The van der Waals surface area contributed by atoms with Crippen LogP contribution in [0.15, 0.2) is 24.3 Å². The molecule has 2 saturated carbocycles. The molecule has 20 heavy (non-hydrogen) atoms. The van der Waals surface area contributed by atoms with E-state index in [0.717, 1.165) is 37.9 Å². The second-order valence-corrected chi connectivity index (χ2v) is 6.96. The number of hydrogen-bond donors (Lipinski definition) is 1. The van der Waals surface area contributed by atoms with Gasteiger partial charge >= 0.3 is 0 Å². The molecule has 1 aromatic carbocycles. The summed E-state index contributed by atoms with van der Waals surface area (Å²) in [6.45, 7) is 1.57. The van der Waals surface area contributed by atoms with Crippen LogP contribution < -0.4 is 0 Å². The second kappa shape index (κ2) is 4.22. The lowest BCUT2D eigenvalue weighted by Gasteiger charge is -2.34. The van der Waals surface area contributed by atoms with E-state index in [1.54, 1.807) is 0 Å². The maximum atomic E-state index is 12.9. The first kappa shape index (κ1) is 12.7. The first-order chi connectivity index (χ1) is 9.60. The van der Waals surface area contributed by atoms with Crippen molar-refractivity contribution in [2.24, 2.45) is 11.8 Å². The minimum Gasteiger partial charge on any atom is -0.393 e. The Balaban J connectivity index is 1.55. The van der Waals surface area contributed by atoms with Gasteiger partial charge in [-0.1, -0.05) is 23.7 Å². The molecule has 4 rings (SSSR count). The monoisotopic (exact) mass is 291 g/mol. The Morgan fingerprint density at radius 2 is 1.95 bits per heavy atom. The van der Waals surface area contributed by atoms with Gasteiger partial charge in [-0.25, -0.2) is 0 Å². The van der Waals surface area contributed by atoms with Crippen molar-refractivity contribution in [2.75, 3.05) is 13.1 Å². The normalized spacial score (nSPS) is 33.5. The van der Waals surface area contributed by atoms with E-state index in [0.29, 0.717) is 16.9 Å². The summed E-state index contributed by atoms with van der Waals surface area (Å²) in [4.78, 5) is 14.8. The Hall–Kier alpha value is -1.06. The Kier molecular flexibility index (Phi) is 2.67. The molecule has 3 atom stereocenters. The molecule has 4 heteroatoms. The van der Waals surface area contributed by atoms with Crippen molar-refractivity contribution in [2.45, 2.75) is 30.8 Å². The Bertz CT molecular complexity index is 552. The minimum atomic E-state index is -0.306. The number of hydrogen-bond acceptors (Lipinski definition) is 2. The van der Waals surface area contributed by atoms with Gasteiger partial charge < -0.3 is 10.0 Å². The van der Waals surface area contributed by atoms with Crippen molar-refractivity contribution in [3.8, 4) is 0 Å². The van der Waals surface area contributed by atoms with Crippen molar-refractivity contribution in [3.05, 3.63) is 34.9 Å². The Morgan fingerprint density at radius 3 is 2.50 bits per heavy atom. The maximum Gasteiger partial charge on any atom is 0.233 e. The van der Waals surface area contributed by atoms with E-state index >= 15 is 0 Å². The van der Waals surface area contributed by atoms with Gasteiger partial charge in [-0.3, -0.25) is 4.79 Å². The second-order valence-electron chi connectivity index (χ2n) is 6.53. The van der Waals surface area contributed by atoms with Crippen LogP contribution in [-0.2, 0) is 10.2 Å². The maximum absolute atomic E-state index is 12.9. The highest BCUT2D eigenvalue weighted by molar-refractivity contribution is 6.30. The van der Waals surface area contributed by atoms with Crippen molar-refractivity contribution in [1.82, 2.24) is 4.90 Å². The van der Waals surface area contributed by atoms with Gasteiger partial charge in [0.25, 0.3) is 0 Å². The molecule has 3 fully saturated rings. The predicted molar refractivity (Wildman–Crippen MR) is 76.5 cm³/mol. The molecular weight excluding hydrogens is 274 g/mol. The summed E-state index contributed by atoms with van der Waals surface area (Å²) in [6, 6.07) is 7.68. The van der Waals surface area contributed by atoms with E-state index in [1.807, 2.05) is 29.2 Å². The zero-order chi connectivity index (χ0) is 13.9. The highest BCUT2D eigenvalue weighted by Gasteiger charge is 2.56. The molecule has 1 saturated heterocycles. The molecule has 0 aromatic heterocycles. The summed E-state index contributed by atoms with van der Waals surface area (Å²) in [5, 5.41) is 10.4. The van der Waals surface area contributed by atoms with Crippen LogP contribution >= 0.6 is 11.6 Å². The number of aliphatic hydroxyl groups is 1. The summed E-state index contributed by atoms with van der Waals surface area (Å²) < 4.78 is 0. The standard InChI is InChI=1S/C16H18ClNO2/c17-12-3-1-11(2-4-12)16(5-6-16)15(20)18-8-10-7-14(19)13(10)9-18/h1-4,10,13-14,19H,5-9H2/t10-,13+,14-/m1/s1. The fraction of sp³-hybridized carbons (Fsp3) is 0.562. The van der Waals surface area contributed by atoms with Gasteiger partial charge in [0.1, 0.15) is 0 Å². The molecule has 1 heterocycles. The number of nitrogens with zero attached hydrogens (tertiary/aromatic N) is 1. The Labute approximate surface area is 123 Å². The average Bonchev–Trinajstić information content (AvgIpc) is 3.17. The van der Waals surface area contributed by atoms with E-state index < -0.39 is 0 Å². The number of benzene rings is 1. The highest BCUT2D eigenvalue weighted by atomic mass is 35.5. The van der Waals surface area contributed by atoms with E-state index in [-0.39, 0.29) is 17.4 Å². The van der Waals surface area contributed by atoms with Crippen LogP contribution in [0.4, 0.5) is 0 Å². The molecule has 1 aromatic rings. The fourth-order valence-electron chi connectivity index (χ4n) is 3.86. The fourth-order valence-corrected chi connectivity index (χ4v) is 3.99.